The molecule has 11 heavy (non-hydrogen) atoms. The highest BCUT2D eigenvalue weighted by Crippen LogP contribution is 2.17. The maximum absolute atomic E-state index is 10.7. The van der Waals surface area contributed by atoms with Crippen LogP contribution in [0.25, 0.3) is 0 Å². The number of ketones is 1. The van der Waals surface area contributed by atoms with Crippen molar-refractivity contribution in [2.75, 3.05) is 0 Å². The Hall–Kier alpha value is -1.25. The Balaban J connectivity index is 0.000000461. The van der Waals surface area contributed by atoms with Gasteiger partial charge in [-0.2, -0.15) is 0 Å². The Bertz CT molecular complexity index is 194. The Morgan fingerprint density at radius 1 is 1.55 bits per heavy atom. The molecule has 0 spiro atoms. The lowest BCUT2D eigenvalue weighted by atomic mass is 10.2. The summed E-state index contributed by atoms with van der Waals surface area (Å²) >= 11 is 0. The van der Waals surface area contributed by atoms with E-state index in [0.29, 0.717) is 5.76 Å². The molecule has 1 unspecified atom stereocenters. The van der Waals surface area contributed by atoms with Gasteiger partial charge < -0.3 is 9.84 Å². The predicted molar refractivity (Wildman–Crippen MR) is 42.1 cm³/mol. The number of rotatable bonds is 0. The van der Waals surface area contributed by atoms with Crippen LogP contribution in [0.2, 0.25) is 0 Å². The van der Waals surface area contributed by atoms with Crippen LogP contribution in [0, 0.1) is 0 Å². The Morgan fingerprint density at radius 3 is 2.09 bits per heavy atom. The van der Waals surface area contributed by atoms with Crippen LogP contribution in [0.5, 0.6) is 0 Å². The first-order valence-corrected chi connectivity index (χ1v) is 3.23. The fraction of sp³-hybridized carbons (Fsp3) is 0.375. The van der Waals surface area contributed by atoms with E-state index in [-0.39, 0.29) is 11.5 Å². The highest BCUT2D eigenvalue weighted by molar-refractivity contribution is 5.98. The van der Waals surface area contributed by atoms with Gasteiger partial charge in [-0.05, 0) is 13.8 Å². The van der Waals surface area contributed by atoms with Gasteiger partial charge in [-0.1, -0.05) is 0 Å². The Morgan fingerprint density at radius 2 is 2.00 bits per heavy atom. The summed E-state index contributed by atoms with van der Waals surface area (Å²) in [6.07, 6.45) is -0.495. The topological polar surface area (TPSA) is 46.5 Å². The molecule has 0 bridgehead atoms. The van der Waals surface area contributed by atoms with Crippen LogP contribution in [0.15, 0.2) is 24.7 Å². The number of carbonyl (C=O) groups excluding carboxylic acids is 1. The first kappa shape index (κ1) is 9.75. The largest absolute Gasteiger partial charge is 0.502 e. The minimum Gasteiger partial charge on any atom is -0.502 e. The second-order valence-corrected chi connectivity index (χ2v) is 2.03. The molecule has 0 aromatic rings. The fourth-order valence-electron chi connectivity index (χ4n) is 0.741. The van der Waals surface area contributed by atoms with E-state index in [9.17, 15) is 4.79 Å². The molecule has 1 aliphatic heterocycles. The maximum Gasteiger partial charge on any atom is 0.240 e. The number of carbonyl (C=O) groups is 1. The van der Waals surface area contributed by atoms with E-state index in [1.165, 1.54) is 0 Å². The molecule has 0 aliphatic carbocycles. The number of ether oxygens (including phenoxy) is 1. The minimum absolute atomic E-state index is 0.234. The summed E-state index contributed by atoms with van der Waals surface area (Å²) in [6.45, 7) is 9.17. The summed E-state index contributed by atoms with van der Waals surface area (Å²) in [7, 11) is 0. The van der Waals surface area contributed by atoms with Crippen LogP contribution in [-0.2, 0) is 9.53 Å². The van der Waals surface area contributed by atoms with Gasteiger partial charge in [-0.3, -0.25) is 4.79 Å². The molecule has 3 heteroatoms. The molecule has 0 aromatic heterocycles. The van der Waals surface area contributed by atoms with E-state index in [2.05, 4.69) is 13.2 Å². The van der Waals surface area contributed by atoms with Gasteiger partial charge >= 0.3 is 0 Å². The lowest BCUT2D eigenvalue weighted by molar-refractivity contribution is -0.122. The number of aliphatic hydroxyl groups excluding tert-OH is 1. The standard InChI is InChI=1S/C6H8O3.C2H4/c1-3-5(7)6(8)4(2)9-3;1-2/h3,8H,1-2H3;1-2H2. The quantitative estimate of drug-likeness (QED) is 0.541. The third-order valence-electron chi connectivity index (χ3n) is 1.29. The maximum atomic E-state index is 10.7. The molecule has 0 amide bonds. The first-order valence-electron chi connectivity index (χ1n) is 3.23. The van der Waals surface area contributed by atoms with Gasteiger partial charge in [0, 0.05) is 0 Å². The van der Waals surface area contributed by atoms with Crippen molar-refractivity contribution < 1.29 is 14.6 Å². The first-order chi connectivity index (χ1) is 5.13. The van der Waals surface area contributed by atoms with Crippen LogP contribution in [0.4, 0.5) is 0 Å². The van der Waals surface area contributed by atoms with Gasteiger partial charge in [0.05, 0.1) is 0 Å². The zero-order valence-electron chi connectivity index (χ0n) is 6.76. The number of hydrogen-bond acceptors (Lipinski definition) is 3. The second-order valence-electron chi connectivity index (χ2n) is 2.03. The minimum atomic E-state index is -0.495. The fourth-order valence-corrected chi connectivity index (χ4v) is 0.741. The summed E-state index contributed by atoms with van der Waals surface area (Å²) in [5.74, 6) is -0.234. The van der Waals surface area contributed by atoms with E-state index in [0.717, 1.165) is 0 Å². The van der Waals surface area contributed by atoms with Gasteiger partial charge in [0.25, 0.3) is 0 Å². The van der Waals surface area contributed by atoms with E-state index < -0.39 is 6.10 Å². The number of aliphatic hydroxyl groups is 1. The highest BCUT2D eigenvalue weighted by Gasteiger charge is 2.28. The molecule has 1 N–H and O–H groups in total. The summed E-state index contributed by atoms with van der Waals surface area (Å²) in [5.41, 5.74) is 0. The van der Waals surface area contributed by atoms with E-state index in [1.54, 1.807) is 13.8 Å². The Kier molecular flexibility index (Phi) is 3.37. The third-order valence-corrected chi connectivity index (χ3v) is 1.29. The second kappa shape index (κ2) is 3.81. The van der Waals surface area contributed by atoms with Crippen molar-refractivity contribution in [3.63, 3.8) is 0 Å². The highest BCUT2D eigenvalue weighted by atomic mass is 16.5. The van der Waals surface area contributed by atoms with Crippen LogP contribution < -0.4 is 0 Å². The van der Waals surface area contributed by atoms with Crippen LogP contribution in [0.3, 0.4) is 0 Å². The molecule has 1 atom stereocenters. The third kappa shape index (κ3) is 1.83. The lowest BCUT2D eigenvalue weighted by Gasteiger charge is -1.99. The average molecular weight is 156 g/mol. The van der Waals surface area contributed by atoms with Gasteiger partial charge in [0.15, 0.2) is 6.10 Å². The smallest absolute Gasteiger partial charge is 0.240 e. The van der Waals surface area contributed by atoms with Crippen LogP contribution in [0.1, 0.15) is 13.8 Å². The molecule has 1 rings (SSSR count). The van der Waals surface area contributed by atoms with E-state index in [1.807, 2.05) is 0 Å². The molecule has 62 valence electrons. The summed E-state index contributed by atoms with van der Waals surface area (Å²) in [6, 6.07) is 0. The number of hydrogen-bond donors (Lipinski definition) is 1. The molecule has 1 aliphatic rings. The molecular weight excluding hydrogens is 144 g/mol. The molecule has 0 aromatic carbocycles. The number of allylic oxidation sites excluding steroid dienone is 1. The SMILES string of the molecule is C=C.CC1=C(O)C(=O)C(C)O1. The molecule has 1 heterocycles. The zero-order valence-corrected chi connectivity index (χ0v) is 6.76. The van der Waals surface area contributed by atoms with Crippen LogP contribution in [-0.4, -0.2) is 17.0 Å². The summed E-state index contributed by atoms with van der Waals surface area (Å²) in [4.78, 5) is 10.7. The lowest BCUT2D eigenvalue weighted by Crippen LogP contribution is -2.12. The van der Waals surface area contributed by atoms with E-state index in [4.69, 9.17) is 9.84 Å². The normalized spacial score (nSPS) is 22.4. The molecule has 0 saturated heterocycles. The van der Waals surface area contributed by atoms with Crippen molar-refractivity contribution in [2.45, 2.75) is 20.0 Å². The van der Waals surface area contributed by atoms with Gasteiger partial charge in [0.2, 0.25) is 11.5 Å². The van der Waals surface area contributed by atoms with Crippen molar-refractivity contribution in [1.29, 1.82) is 0 Å². The van der Waals surface area contributed by atoms with Gasteiger partial charge in [-0.15, -0.1) is 13.2 Å². The van der Waals surface area contributed by atoms with Crippen molar-refractivity contribution in [3.05, 3.63) is 24.7 Å². The van der Waals surface area contributed by atoms with Crippen molar-refractivity contribution >= 4 is 5.78 Å². The molecule has 3 nitrogen and oxygen atoms in total. The van der Waals surface area contributed by atoms with Crippen molar-refractivity contribution in [2.24, 2.45) is 0 Å². The zero-order chi connectivity index (χ0) is 9.02. The van der Waals surface area contributed by atoms with E-state index >= 15 is 0 Å². The van der Waals surface area contributed by atoms with Gasteiger partial charge in [-0.25, -0.2) is 0 Å². The van der Waals surface area contributed by atoms with Gasteiger partial charge in [0.1, 0.15) is 5.76 Å². The monoisotopic (exact) mass is 156 g/mol. The molecule has 0 saturated carbocycles. The summed E-state index contributed by atoms with van der Waals surface area (Å²) in [5, 5.41) is 8.84. The number of Topliss-reactive ketones (excluding diaryl/α,β-unsaturated/α-hetero) is 1. The van der Waals surface area contributed by atoms with Crippen molar-refractivity contribution in [1.82, 2.24) is 0 Å². The Labute approximate surface area is 66.0 Å². The van der Waals surface area contributed by atoms with Crippen molar-refractivity contribution in [3.8, 4) is 0 Å². The molecular formula is C8H12O3. The summed E-state index contributed by atoms with van der Waals surface area (Å²) < 4.78 is 4.87. The molecule has 0 fully saturated rings. The molecule has 0 radical (unpaired) electrons. The average Bonchev–Trinajstić information content (AvgIpc) is 2.22. The van der Waals surface area contributed by atoms with Crippen LogP contribution >= 0.6 is 0 Å². The predicted octanol–water partition coefficient (Wildman–Crippen LogP) is 1.57.